The summed E-state index contributed by atoms with van der Waals surface area (Å²) >= 11 is 0. The highest BCUT2D eigenvalue weighted by Crippen LogP contribution is 2.59. The Hall–Kier alpha value is -0.130. The zero-order chi connectivity index (χ0) is 11.6. The number of ether oxygens (including phenoxy) is 1. The van der Waals surface area contributed by atoms with Crippen molar-refractivity contribution in [2.45, 2.75) is 19.3 Å². The number of rotatable bonds is 5. The SMILES string of the molecule is COCCNCC1CC12CCS(=O)(=O)CC2. The van der Waals surface area contributed by atoms with E-state index in [1.54, 1.807) is 7.11 Å². The van der Waals surface area contributed by atoms with Crippen LogP contribution < -0.4 is 5.32 Å². The van der Waals surface area contributed by atoms with Gasteiger partial charge in [0.25, 0.3) is 0 Å². The van der Waals surface area contributed by atoms with Crippen LogP contribution in [0.15, 0.2) is 0 Å². The van der Waals surface area contributed by atoms with E-state index >= 15 is 0 Å². The molecule has 2 fully saturated rings. The Morgan fingerprint density at radius 3 is 2.69 bits per heavy atom. The molecular weight excluding hydrogens is 226 g/mol. The first kappa shape index (κ1) is 12.3. The van der Waals surface area contributed by atoms with E-state index in [0.717, 1.165) is 32.5 Å². The van der Waals surface area contributed by atoms with E-state index in [0.29, 0.717) is 22.8 Å². The number of hydrogen-bond acceptors (Lipinski definition) is 4. The molecular formula is C11H21NO3S. The summed E-state index contributed by atoms with van der Waals surface area (Å²) in [5.41, 5.74) is 0.366. The van der Waals surface area contributed by atoms with Crippen LogP contribution in [-0.4, -0.2) is 46.7 Å². The average molecular weight is 247 g/mol. The molecule has 16 heavy (non-hydrogen) atoms. The maximum atomic E-state index is 11.3. The van der Waals surface area contributed by atoms with E-state index in [9.17, 15) is 8.42 Å². The largest absolute Gasteiger partial charge is 0.383 e. The van der Waals surface area contributed by atoms with Gasteiger partial charge in [-0.15, -0.1) is 0 Å². The summed E-state index contributed by atoms with van der Waals surface area (Å²) < 4.78 is 27.6. The quantitative estimate of drug-likeness (QED) is 0.716. The Morgan fingerprint density at radius 2 is 2.06 bits per heavy atom. The molecule has 1 heterocycles. The number of sulfone groups is 1. The molecule has 1 saturated carbocycles. The van der Waals surface area contributed by atoms with E-state index < -0.39 is 9.84 Å². The van der Waals surface area contributed by atoms with Gasteiger partial charge in [0.2, 0.25) is 0 Å². The minimum atomic E-state index is -2.71. The number of methoxy groups -OCH3 is 1. The minimum absolute atomic E-state index is 0.366. The number of nitrogens with one attached hydrogen (secondary N) is 1. The molecule has 0 amide bonds. The molecule has 2 aliphatic rings. The normalized spacial score (nSPS) is 30.4. The minimum Gasteiger partial charge on any atom is -0.383 e. The van der Waals surface area contributed by atoms with Crippen LogP contribution >= 0.6 is 0 Å². The summed E-state index contributed by atoms with van der Waals surface area (Å²) in [6.07, 6.45) is 2.97. The predicted molar refractivity (Wildman–Crippen MR) is 63.2 cm³/mol. The topological polar surface area (TPSA) is 55.4 Å². The molecule has 4 nitrogen and oxygen atoms in total. The maximum Gasteiger partial charge on any atom is 0.150 e. The molecule has 2 rings (SSSR count). The van der Waals surface area contributed by atoms with E-state index in [4.69, 9.17) is 4.74 Å². The van der Waals surface area contributed by atoms with Gasteiger partial charge in [-0.3, -0.25) is 0 Å². The highest BCUT2D eigenvalue weighted by Gasteiger charge is 2.55. The molecule has 1 unspecified atom stereocenters. The third kappa shape index (κ3) is 2.76. The Labute approximate surface area is 97.7 Å². The fraction of sp³-hybridized carbons (Fsp3) is 1.00. The second-order valence-electron chi connectivity index (χ2n) is 5.11. The van der Waals surface area contributed by atoms with E-state index in [1.165, 1.54) is 6.42 Å². The molecule has 5 heteroatoms. The molecule has 1 saturated heterocycles. The van der Waals surface area contributed by atoms with Gasteiger partial charge < -0.3 is 10.1 Å². The standard InChI is InChI=1S/C11H21NO3S/c1-15-5-4-12-9-10-8-11(10)2-6-16(13,14)7-3-11/h10,12H,2-9H2,1H3. The van der Waals surface area contributed by atoms with Crippen molar-refractivity contribution in [1.82, 2.24) is 5.32 Å². The van der Waals surface area contributed by atoms with Gasteiger partial charge in [0.1, 0.15) is 9.84 Å². The molecule has 0 aromatic heterocycles. The van der Waals surface area contributed by atoms with Gasteiger partial charge in [-0.05, 0) is 37.1 Å². The number of hydrogen-bond donors (Lipinski definition) is 1. The van der Waals surface area contributed by atoms with Gasteiger partial charge in [-0.25, -0.2) is 8.42 Å². The van der Waals surface area contributed by atoms with Crippen LogP contribution in [0.3, 0.4) is 0 Å². The van der Waals surface area contributed by atoms with Crippen molar-refractivity contribution < 1.29 is 13.2 Å². The fourth-order valence-electron chi connectivity index (χ4n) is 2.73. The lowest BCUT2D eigenvalue weighted by Crippen LogP contribution is -2.29. The van der Waals surface area contributed by atoms with Crippen LogP contribution in [-0.2, 0) is 14.6 Å². The summed E-state index contributed by atoms with van der Waals surface area (Å²) in [5, 5.41) is 3.37. The van der Waals surface area contributed by atoms with Gasteiger partial charge in [0, 0.05) is 13.7 Å². The summed E-state index contributed by atoms with van der Waals surface area (Å²) in [6.45, 7) is 2.65. The molecule has 1 aliphatic carbocycles. The molecule has 1 spiro atoms. The van der Waals surface area contributed by atoms with Crippen molar-refractivity contribution in [3.8, 4) is 0 Å². The Kier molecular flexibility index (Phi) is 3.56. The van der Waals surface area contributed by atoms with Gasteiger partial charge in [-0.1, -0.05) is 0 Å². The lowest BCUT2D eigenvalue weighted by Gasteiger charge is -2.22. The zero-order valence-corrected chi connectivity index (χ0v) is 10.7. The summed E-state index contributed by atoms with van der Waals surface area (Å²) in [4.78, 5) is 0. The van der Waals surface area contributed by atoms with Gasteiger partial charge in [-0.2, -0.15) is 0 Å². The van der Waals surface area contributed by atoms with Crippen LogP contribution in [0.1, 0.15) is 19.3 Å². The predicted octanol–water partition coefficient (Wildman–Crippen LogP) is 0.437. The Morgan fingerprint density at radius 1 is 1.38 bits per heavy atom. The van der Waals surface area contributed by atoms with Crippen LogP contribution in [0.25, 0.3) is 0 Å². The molecule has 1 N–H and O–H groups in total. The molecule has 0 bridgehead atoms. The van der Waals surface area contributed by atoms with Gasteiger partial charge in [0.15, 0.2) is 0 Å². The van der Waals surface area contributed by atoms with Gasteiger partial charge >= 0.3 is 0 Å². The highest BCUT2D eigenvalue weighted by molar-refractivity contribution is 7.91. The molecule has 1 atom stereocenters. The highest BCUT2D eigenvalue weighted by atomic mass is 32.2. The average Bonchev–Trinajstić information content (AvgIpc) is 2.93. The van der Waals surface area contributed by atoms with Gasteiger partial charge in [0.05, 0.1) is 18.1 Å². The summed E-state index contributed by atoms with van der Waals surface area (Å²) in [7, 11) is -1.01. The first-order valence-electron chi connectivity index (χ1n) is 5.98. The van der Waals surface area contributed by atoms with Crippen molar-refractivity contribution in [2.24, 2.45) is 11.3 Å². The van der Waals surface area contributed by atoms with Crippen LogP contribution in [0.5, 0.6) is 0 Å². The smallest absolute Gasteiger partial charge is 0.150 e. The molecule has 0 radical (unpaired) electrons. The second kappa shape index (κ2) is 4.63. The third-order valence-corrected chi connectivity index (χ3v) is 5.71. The van der Waals surface area contributed by atoms with Crippen molar-refractivity contribution >= 4 is 9.84 Å². The van der Waals surface area contributed by atoms with E-state index in [-0.39, 0.29) is 0 Å². The summed E-state index contributed by atoms with van der Waals surface area (Å²) in [5.74, 6) is 1.50. The molecule has 0 aromatic rings. The zero-order valence-electron chi connectivity index (χ0n) is 9.87. The van der Waals surface area contributed by atoms with E-state index in [2.05, 4.69) is 5.32 Å². The van der Waals surface area contributed by atoms with Crippen LogP contribution in [0, 0.1) is 11.3 Å². The first-order valence-corrected chi connectivity index (χ1v) is 7.80. The summed E-state index contributed by atoms with van der Waals surface area (Å²) in [6, 6.07) is 0. The second-order valence-corrected chi connectivity index (χ2v) is 7.42. The third-order valence-electron chi connectivity index (χ3n) is 4.05. The maximum absolute atomic E-state index is 11.3. The molecule has 94 valence electrons. The first-order chi connectivity index (χ1) is 7.58. The monoisotopic (exact) mass is 247 g/mol. The molecule has 0 aromatic carbocycles. The van der Waals surface area contributed by atoms with Crippen molar-refractivity contribution in [2.75, 3.05) is 38.3 Å². The van der Waals surface area contributed by atoms with Crippen LogP contribution in [0.2, 0.25) is 0 Å². The van der Waals surface area contributed by atoms with Crippen molar-refractivity contribution in [3.63, 3.8) is 0 Å². The van der Waals surface area contributed by atoms with Crippen LogP contribution in [0.4, 0.5) is 0 Å². The lowest BCUT2D eigenvalue weighted by atomic mass is 9.96. The van der Waals surface area contributed by atoms with E-state index in [1.807, 2.05) is 0 Å². The Balaban J connectivity index is 1.70. The molecule has 1 aliphatic heterocycles. The van der Waals surface area contributed by atoms with Crippen molar-refractivity contribution in [1.29, 1.82) is 0 Å². The van der Waals surface area contributed by atoms with Crippen molar-refractivity contribution in [3.05, 3.63) is 0 Å². The Bertz CT molecular complexity index is 325. The fourth-order valence-corrected chi connectivity index (χ4v) is 4.37. The lowest BCUT2D eigenvalue weighted by molar-refractivity contribution is 0.198.